The van der Waals surface area contributed by atoms with Crippen molar-refractivity contribution in [3.05, 3.63) is 53.7 Å². The highest BCUT2D eigenvalue weighted by Gasteiger charge is 2.40. The van der Waals surface area contributed by atoms with Gasteiger partial charge in [-0.05, 0) is 6.07 Å². The third-order valence-corrected chi connectivity index (χ3v) is 2.85. The van der Waals surface area contributed by atoms with Gasteiger partial charge >= 0.3 is 6.18 Å². The molecular formula is C13H10F5N2. The van der Waals surface area contributed by atoms with E-state index in [-0.39, 0.29) is 23.4 Å². The van der Waals surface area contributed by atoms with Gasteiger partial charge < -0.3 is 5.73 Å². The minimum absolute atomic E-state index is 0.00620. The summed E-state index contributed by atoms with van der Waals surface area (Å²) >= 11 is 0. The number of allylic oxidation sites excluding steroid dienone is 4. The van der Waals surface area contributed by atoms with Crippen molar-refractivity contribution in [2.45, 2.75) is 12.7 Å². The number of hydrogen-bond donors (Lipinski definition) is 1. The van der Waals surface area contributed by atoms with E-state index in [0.29, 0.717) is 6.42 Å². The zero-order valence-corrected chi connectivity index (χ0v) is 10.1. The molecule has 1 unspecified atom stereocenters. The van der Waals surface area contributed by atoms with Crippen LogP contribution in [0.5, 0.6) is 0 Å². The van der Waals surface area contributed by atoms with Gasteiger partial charge in [-0.1, -0.05) is 12.2 Å². The molecule has 1 aliphatic carbocycles. The molecule has 2 nitrogen and oxygen atoms in total. The van der Waals surface area contributed by atoms with Crippen LogP contribution < -0.4 is 5.73 Å². The zero-order valence-electron chi connectivity index (χ0n) is 10.1. The molecule has 1 radical (unpaired) electrons. The molecule has 1 aliphatic rings. The van der Waals surface area contributed by atoms with Gasteiger partial charge in [-0.25, -0.2) is 8.78 Å². The minimum atomic E-state index is -4.55. The first-order chi connectivity index (χ1) is 9.32. The Morgan fingerprint density at radius 2 is 1.95 bits per heavy atom. The second-order valence-corrected chi connectivity index (χ2v) is 4.21. The maximum Gasteiger partial charge on any atom is 0.395 e. The number of pyridine rings is 1. The van der Waals surface area contributed by atoms with Gasteiger partial charge in [0.15, 0.2) is 0 Å². The number of alkyl halides is 3. The van der Waals surface area contributed by atoms with Crippen molar-refractivity contribution >= 4 is 5.57 Å². The van der Waals surface area contributed by atoms with Gasteiger partial charge in [-0.15, -0.1) is 0 Å². The molecular weight excluding hydrogens is 279 g/mol. The highest BCUT2D eigenvalue weighted by Crippen LogP contribution is 2.38. The van der Waals surface area contributed by atoms with Crippen LogP contribution in [0.15, 0.2) is 30.2 Å². The summed E-state index contributed by atoms with van der Waals surface area (Å²) in [6.45, 7) is -0.119. The Labute approximate surface area is 111 Å². The Kier molecular flexibility index (Phi) is 3.89. The van der Waals surface area contributed by atoms with E-state index >= 15 is 0 Å². The summed E-state index contributed by atoms with van der Waals surface area (Å²) in [6, 6.07) is 0.996. The van der Waals surface area contributed by atoms with Crippen molar-refractivity contribution in [1.82, 2.24) is 4.98 Å². The van der Waals surface area contributed by atoms with Crippen LogP contribution in [-0.4, -0.2) is 11.2 Å². The molecule has 0 saturated carbocycles. The summed E-state index contributed by atoms with van der Waals surface area (Å²) in [6.07, 6.45) is -1.14. The molecule has 0 aliphatic heterocycles. The van der Waals surface area contributed by atoms with Crippen molar-refractivity contribution in [2.24, 2.45) is 11.7 Å². The first-order valence-corrected chi connectivity index (χ1v) is 5.67. The maximum atomic E-state index is 13.7. The lowest BCUT2D eigenvalue weighted by Gasteiger charge is -2.20. The number of nitrogens with two attached hydrogens (primary N) is 1. The summed E-state index contributed by atoms with van der Waals surface area (Å²) in [7, 11) is 0. The smallest absolute Gasteiger partial charge is 0.325 e. The van der Waals surface area contributed by atoms with E-state index in [1.54, 1.807) is 0 Å². The van der Waals surface area contributed by atoms with Crippen LogP contribution in [0.1, 0.15) is 11.3 Å². The van der Waals surface area contributed by atoms with E-state index in [0.717, 1.165) is 18.2 Å². The molecule has 1 heterocycles. The van der Waals surface area contributed by atoms with E-state index in [1.807, 2.05) is 0 Å². The standard InChI is InChI=1S/C13H10F5N2/c14-10-4-8(13(16,17)18)1-2-9(10)7-3-11(15)12(5-19)20-6-7/h1-4,6,8H,5,19H2. The van der Waals surface area contributed by atoms with Crippen molar-refractivity contribution < 1.29 is 22.0 Å². The summed E-state index contributed by atoms with van der Waals surface area (Å²) in [4.78, 5) is 3.70. The first kappa shape index (κ1) is 14.6. The molecule has 0 fully saturated rings. The molecule has 107 valence electrons. The van der Waals surface area contributed by atoms with Crippen LogP contribution in [-0.2, 0) is 6.54 Å². The number of hydrogen-bond acceptors (Lipinski definition) is 2. The monoisotopic (exact) mass is 289 g/mol. The topological polar surface area (TPSA) is 38.9 Å². The summed E-state index contributed by atoms with van der Waals surface area (Å²) in [5, 5.41) is 0. The highest BCUT2D eigenvalue weighted by molar-refractivity contribution is 5.77. The van der Waals surface area contributed by atoms with Crippen LogP contribution in [0.2, 0.25) is 0 Å². The SMILES string of the molecule is NCc1ncc(C2=C(F)[CH]C(C(F)(F)F)C=C2)cc1F. The summed E-state index contributed by atoms with van der Waals surface area (Å²) in [5.74, 6) is -3.76. The molecule has 7 heteroatoms. The second-order valence-electron chi connectivity index (χ2n) is 4.21. The second kappa shape index (κ2) is 5.32. The quantitative estimate of drug-likeness (QED) is 0.848. The van der Waals surface area contributed by atoms with Crippen molar-refractivity contribution in [3.63, 3.8) is 0 Å². The lowest BCUT2D eigenvalue weighted by Crippen LogP contribution is -2.23. The third-order valence-electron chi connectivity index (χ3n) is 2.85. The van der Waals surface area contributed by atoms with Crippen LogP contribution in [0.3, 0.4) is 0 Å². The van der Waals surface area contributed by atoms with Crippen LogP contribution >= 0.6 is 0 Å². The van der Waals surface area contributed by atoms with E-state index in [4.69, 9.17) is 5.73 Å². The van der Waals surface area contributed by atoms with Gasteiger partial charge in [-0.2, -0.15) is 13.2 Å². The molecule has 0 saturated heterocycles. The Hall–Kier alpha value is -1.76. The van der Waals surface area contributed by atoms with Crippen LogP contribution in [0.25, 0.3) is 5.57 Å². The fourth-order valence-corrected chi connectivity index (χ4v) is 1.78. The molecule has 0 aromatic carbocycles. The Morgan fingerprint density at radius 3 is 2.45 bits per heavy atom. The van der Waals surface area contributed by atoms with Gasteiger partial charge in [-0.3, -0.25) is 4.98 Å². The first-order valence-electron chi connectivity index (χ1n) is 5.67. The molecule has 0 amide bonds. The van der Waals surface area contributed by atoms with Crippen LogP contribution in [0.4, 0.5) is 22.0 Å². The summed E-state index contributed by atoms with van der Waals surface area (Å²) in [5.41, 5.74) is 5.17. The lowest BCUT2D eigenvalue weighted by atomic mass is 9.92. The fourth-order valence-electron chi connectivity index (χ4n) is 1.78. The van der Waals surface area contributed by atoms with Gasteiger partial charge in [0.25, 0.3) is 0 Å². The lowest BCUT2D eigenvalue weighted by molar-refractivity contribution is -0.152. The predicted molar refractivity (Wildman–Crippen MR) is 63.1 cm³/mol. The van der Waals surface area contributed by atoms with Crippen LogP contribution in [0, 0.1) is 18.2 Å². The van der Waals surface area contributed by atoms with E-state index in [9.17, 15) is 22.0 Å². The molecule has 2 N–H and O–H groups in total. The number of aromatic nitrogens is 1. The van der Waals surface area contributed by atoms with E-state index in [2.05, 4.69) is 4.98 Å². The predicted octanol–water partition coefficient (Wildman–Crippen LogP) is 3.31. The van der Waals surface area contributed by atoms with Gasteiger partial charge in [0, 0.05) is 30.3 Å². The van der Waals surface area contributed by atoms with Crippen molar-refractivity contribution in [2.75, 3.05) is 0 Å². The van der Waals surface area contributed by atoms with E-state index < -0.39 is 23.7 Å². The summed E-state index contributed by atoms with van der Waals surface area (Å²) < 4.78 is 64.6. The minimum Gasteiger partial charge on any atom is -0.325 e. The van der Waals surface area contributed by atoms with Crippen molar-refractivity contribution in [3.8, 4) is 0 Å². The number of halogens is 5. The molecule has 20 heavy (non-hydrogen) atoms. The Morgan fingerprint density at radius 1 is 1.25 bits per heavy atom. The molecule has 1 aromatic heterocycles. The average Bonchev–Trinajstić information content (AvgIpc) is 2.37. The van der Waals surface area contributed by atoms with E-state index in [1.165, 1.54) is 6.20 Å². The zero-order chi connectivity index (χ0) is 14.9. The molecule has 0 bridgehead atoms. The maximum absolute atomic E-state index is 13.7. The van der Waals surface area contributed by atoms with Gasteiger partial charge in [0.2, 0.25) is 0 Å². The normalized spacial score (nSPS) is 19.6. The van der Waals surface area contributed by atoms with Gasteiger partial charge in [0.1, 0.15) is 11.6 Å². The molecule has 1 aromatic rings. The highest BCUT2D eigenvalue weighted by atomic mass is 19.4. The fraction of sp³-hybridized carbons (Fsp3) is 0.231. The molecule has 1 atom stereocenters. The third kappa shape index (κ3) is 2.87. The number of rotatable bonds is 2. The average molecular weight is 289 g/mol. The van der Waals surface area contributed by atoms with Crippen molar-refractivity contribution in [1.29, 1.82) is 0 Å². The largest absolute Gasteiger partial charge is 0.395 e. The molecule has 0 spiro atoms. The number of nitrogens with zero attached hydrogens (tertiary/aromatic N) is 1. The Bertz CT molecular complexity index is 575. The molecule has 2 rings (SSSR count). The Balaban J connectivity index is 2.31. The van der Waals surface area contributed by atoms with Gasteiger partial charge in [0.05, 0.1) is 11.6 Å².